The van der Waals surface area contributed by atoms with Crippen molar-refractivity contribution in [3.05, 3.63) is 92.3 Å². The molecule has 2 aromatic heterocycles. The number of aromatic amines is 1. The van der Waals surface area contributed by atoms with Gasteiger partial charge in [0.2, 0.25) is 11.6 Å². The second kappa shape index (κ2) is 11.1. The molecule has 38 heavy (non-hydrogen) atoms. The van der Waals surface area contributed by atoms with E-state index in [0.717, 1.165) is 0 Å². The number of ketones is 2. The summed E-state index contributed by atoms with van der Waals surface area (Å²) in [6, 6.07) is 13.6. The second-order valence-corrected chi connectivity index (χ2v) is 10.1. The Morgan fingerprint density at radius 3 is 1.97 bits per heavy atom. The topological polar surface area (TPSA) is 102 Å². The van der Waals surface area contributed by atoms with E-state index < -0.39 is 11.6 Å². The summed E-state index contributed by atoms with van der Waals surface area (Å²) in [6.45, 7) is 1.17. The number of rotatable bonds is 9. The van der Waals surface area contributed by atoms with Gasteiger partial charge in [0.25, 0.3) is 0 Å². The maximum atomic E-state index is 13.8. The largest absolute Gasteiger partial charge is 0.507 e. The SMILES string of the molecule is CN(C)CCN(C)c1c(Cl)cc(C(=O)c2ccccc2O)n1-c1c(C(=O)c2ccccc2O)[nH]c(Cl)c1Cl. The zero-order valence-electron chi connectivity index (χ0n) is 20.8. The van der Waals surface area contributed by atoms with Gasteiger partial charge in [-0.1, -0.05) is 59.1 Å². The lowest BCUT2D eigenvalue weighted by Gasteiger charge is -2.25. The van der Waals surface area contributed by atoms with E-state index in [1.807, 2.05) is 23.9 Å². The molecule has 0 fully saturated rings. The first-order chi connectivity index (χ1) is 18.0. The van der Waals surface area contributed by atoms with Crippen LogP contribution in [0.5, 0.6) is 11.5 Å². The molecule has 4 aromatic rings. The van der Waals surface area contributed by atoms with Gasteiger partial charge in [0, 0.05) is 20.1 Å². The monoisotopic (exact) mass is 574 g/mol. The van der Waals surface area contributed by atoms with E-state index in [0.29, 0.717) is 18.9 Å². The zero-order chi connectivity index (χ0) is 27.7. The number of nitrogens with zero attached hydrogens (tertiary/aromatic N) is 3. The van der Waals surface area contributed by atoms with Gasteiger partial charge >= 0.3 is 0 Å². The number of aromatic hydroxyl groups is 2. The minimum absolute atomic E-state index is 0.0117. The minimum Gasteiger partial charge on any atom is -0.507 e. The number of aromatic nitrogens is 2. The molecule has 0 amide bonds. The molecular weight excluding hydrogens is 551 g/mol. The van der Waals surface area contributed by atoms with Crippen LogP contribution >= 0.6 is 34.8 Å². The van der Waals surface area contributed by atoms with E-state index in [2.05, 4.69) is 4.98 Å². The number of carbonyl (C=O) groups is 2. The van der Waals surface area contributed by atoms with Crippen LogP contribution in [0.1, 0.15) is 32.1 Å². The Labute approximate surface area is 234 Å². The van der Waals surface area contributed by atoms with E-state index in [-0.39, 0.29) is 54.9 Å². The lowest BCUT2D eigenvalue weighted by molar-refractivity contribution is 0.101. The van der Waals surface area contributed by atoms with Gasteiger partial charge in [-0.2, -0.15) is 0 Å². The van der Waals surface area contributed by atoms with E-state index in [9.17, 15) is 19.8 Å². The predicted octanol–water partition coefficient (Wildman–Crippen LogP) is 5.64. The van der Waals surface area contributed by atoms with Gasteiger partial charge in [-0.25, -0.2) is 0 Å². The molecule has 11 heteroatoms. The summed E-state index contributed by atoms with van der Waals surface area (Å²) in [5.41, 5.74) is 0.131. The first-order valence-electron chi connectivity index (χ1n) is 11.5. The van der Waals surface area contributed by atoms with Crippen molar-refractivity contribution in [3.8, 4) is 17.2 Å². The molecule has 0 aliphatic heterocycles. The number of halogens is 3. The van der Waals surface area contributed by atoms with Crippen LogP contribution in [0.25, 0.3) is 5.69 Å². The van der Waals surface area contributed by atoms with Crippen LogP contribution in [0.2, 0.25) is 15.2 Å². The molecule has 0 atom stereocenters. The quantitative estimate of drug-likeness (QED) is 0.223. The third-order valence-electron chi connectivity index (χ3n) is 6.03. The van der Waals surface area contributed by atoms with Crippen molar-refractivity contribution in [1.82, 2.24) is 14.5 Å². The highest BCUT2D eigenvalue weighted by Crippen LogP contribution is 2.41. The number of nitrogens with one attached hydrogen (secondary N) is 1. The smallest absolute Gasteiger partial charge is 0.215 e. The van der Waals surface area contributed by atoms with E-state index >= 15 is 0 Å². The highest BCUT2D eigenvalue weighted by Gasteiger charge is 2.32. The number of hydrogen-bond acceptors (Lipinski definition) is 6. The molecule has 0 aliphatic carbocycles. The summed E-state index contributed by atoms with van der Waals surface area (Å²) in [6.07, 6.45) is 0. The number of phenols is 2. The number of carbonyl (C=O) groups excluding carboxylic acids is 2. The summed E-state index contributed by atoms with van der Waals surface area (Å²) in [4.78, 5) is 34.0. The Kier molecular flexibility index (Phi) is 8.08. The third-order valence-corrected chi connectivity index (χ3v) is 7.05. The minimum atomic E-state index is -0.598. The van der Waals surface area contributed by atoms with Gasteiger partial charge in [-0.15, -0.1) is 0 Å². The van der Waals surface area contributed by atoms with E-state index in [1.54, 1.807) is 31.3 Å². The van der Waals surface area contributed by atoms with Gasteiger partial charge in [0.1, 0.15) is 33.2 Å². The lowest BCUT2D eigenvalue weighted by Crippen LogP contribution is -2.30. The number of H-pyrrole nitrogens is 1. The molecule has 0 spiro atoms. The van der Waals surface area contributed by atoms with Crippen molar-refractivity contribution >= 4 is 52.2 Å². The van der Waals surface area contributed by atoms with Crippen LogP contribution in [0, 0.1) is 0 Å². The Balaban J connectivity index is 2.00. The van der Waals surface area contributed by atoms with Gasteiger partial charge in [-0.05, 0) is 44.4 Å². The number of para-hydroxylation sites is 2. The van der Waals surface area contributed by atoms with Gasteiger partial charge in [0.15, 0.2) is 0 Å². The molecule has 0 saturated heterocycles. The second-order valence-electron chi connectivity index (χ2n) is 8.93. The Morgan fingerprint density at radius 1 is 0.868 bits per heavy atom. The highest BCUT2D eigenvalue weighted by molar-refractivity contribution is 6.44. The molecule has 2 aromatic carbocycles. The summed E-state index contributed by atoms with van der Waals surface area (Å²) < 4.78 is 1.46. The van der Waals surface area contributed by atoms with Gasteiger partial charge < -0.3 is 25.0 Å². The van der Waals surface area contributed by atoms with Crippen LogP contribution in [-0.2, 0) is 0 Å². The number of phenolic OH excluding ortho intramolecular Hbond substituents is 2. The van der Waals surface area contributed by atoms with Crippen molar-refractivity contribution in [3.63, 3.8) is 0 Å². The Bertz CT molecular complexity index is 1530. The van der Waals surface area contributed by atoms with E-state index in [1.165, 1.54) is 34.9 Å². The number of hydrogen-bond donors (Lipinski definition) is 3. The highest BCUT2D eigenvalue weighted by atomic mass is 35.5. The molecular formula is C27H25Cl3N4O4. The van der Waals surface area contributed by atoms with E-state index in [4.69, 9.17) is 34.8 Å². The van der Waals surface area contributed by atoms with Crippen LogP contribution < -0.4 is 4.90 Å². The molecule has 0 unspecified atom stereocenters. The Morgan fingerprint density at radius 2 is 1.42 bits per heavy atom. The number of benzene rings is 2. The molecule has 198 valence electrons. The molecule has 2 heterocycles. The molecule has 4 rings (SSSR count). The molecule has 0 aliphatic rings. The number of anilines is 1. The molecule has 0 bridgehead atoms. The molecule has 8 nitrogen and oxygen atoms in total. The standard InChI is InChI=1S/C27H25Cl3N4O4/c1-32(2)12-13-33(3)27-17(28)14-18(24(37)15-8-4-6-10-19(15)35)34(27)23-21(29)26(30)31-22(23)25(38)16-9-5-7-11-20(16)36/h4-11,14,31,35-36H,12-13H2,1-3H3. The van der Waals surface area contributed by atoms with Crippen molar-refractivity contribution in [2.45, 2.75) is 0 Å². The van der Waals surface area contributed by atoms with Crippen molar-refractivity contribution in [2.24, 2.45) is 0 Å². The van der Waals surface area contributed by atoms with Crippen molar-refractivity contribution < 1.29 is 19.8 Å². The first-order valence-corrected chi connectivity index (χ1v) is 12.7. The molecule has 0 saturated carbocycles. The summed E-state index contributed by atoms with van der Waals surface area (Å²) in [7, 11) is 5.64. The maximum Gasteiger partial charge on any atom is 0.215 e. The van der Waals surface area contributed by atoms with Crippen LogP contribution in [0.15, 0.2) is 54.6 Å². The van der Waals surface area contributed by atoms with Crippen LogP contribution in [0.4, 0.5) is 5.82 Å². The van der Waals surface area contributed by atoms with Crippen LogP contribution in [-0.4, -0.2) is 70.5 Å². The Hall–Kier alpha value is -3.43. The van der Waals surface area contributed by atoms with Gasteiger partial charge in [-0.3, -0.25) is 14.2 Å². The summed E-state index contributed by atoms with van der Waals surface area (Å²) in [5.74, 6) is -1.21. The third kappa shape index (κ3) is 5.13. The number of likely N-dealkylation sites (N-methyl/N-ethyl adjacent to an activating group) is 2. The average Bonchev–Trinajstić information content (AvgIpc) is 3.37. The zero-order valence-corrected chi connectivity index (χ0v) is 23.1. The molecule has 0 radical (unpaired) electrons. The summed E-state index contributed by atoms with van der Waals surface area (Å²) in [5, 5.41) is 20.9. The average molecular weight is 576 g/mol. The van der Waals surface area contributed by atoms with Crippen molar-refractivity contribution in [2.75, 3.05) is 39.1 Å². The fraction of sp³-hybridized carbons (Fsp3) is 0.185. The normalized spacial score (nSPS) is 11.2. The summed E-state index contributed by atoms with van der Waals surface area (Å²) >= 11 is 19.7. The first kappa shape index (κ1) is 27.6. The van der Waals surface area contributed by atoms with Crippen molar-refractivity contribution in [1.29, 1.82) is 0 Å². The van der Waals surface area contributed by atoms with Crippen LogP contribution in [0.3, 0.4) is 0 Å². The van der Waals surface area contributed by atoms with Gasteiger partial charge in [0.05, 0.1) is 27.5 Å². The fourth-order valence-corrected chi connectivity index (χ4v) is 4.83. The molecule has 3 N–H and O–H groups in total. The lowest BCUT2D eigenvalue weighted by atomic mass is 10.1. The maximum absolute atomic E-state index is 13.8. The predicted molar refractivity (Wildman–Crippen MR) is 150 cm³/mol. The fourth-order valence-electron chi connectivity index (χ4n) is 4.09.